The van der Waals surface area contributed by atoms with Gasteiger partial charge in [0.1, 0.15) is 0 Å². The van der Waals surface area contributed by atoms with E-state index in [0.717, 1.165) is 16.8 Å². The van der Waals surface area contributed by atoms with Crippen LogP contribution in [0.2, 0.25) is 0 Å². The van der Waals surface area contributed by atoms with Crippen LogP contribution in [-0.2, 0) is 10.9 Å². The van der Waals surface area contributed by atoms with Crippen LogP contribution in [0, 0.1) is 6.92 Å². The van der Waals surface area contributed by atoms with Gasteiger partial charge in [0.2, 0.25) is 5.43 Å². The molecule has 0 N–H and O–H groups in total. The van der Waals surface area contributed by atoms with Gasteiger partial charge in [-0.3, -0.25) is 9.59 Å². The molecule has 2 atom stereocenters. The molecule has 1 aliphatic rings. The second-order valence-electron chi connectivity index (χ2n) is 6.89. The van der Waals surface area contributed by atoms with Gasteiger partial charge in [-0.1, -0.05) is 12.1 Å². The average Bonchev–Trinajstić information content (AvgIpc) is 2.60. The Morgan fingerprint density at radius 2 is 1.79 bits per heavy atom. The van der Waals surface area contributed by atoms with Gasteiger partial charge in [-0.05, 0) is 32.9 Å². The van der Waals surface area contributed by atoms with Gasteiger partial charge in [0.15, 0.2) is 5.69 Å². The number of aryl methyl sites for hydroxylation is 1. The molecule has 1 aromatic heterocycles. The fraction of sp³-hybridized carbons (Fsp3) is 0.421. The maximum atomic E-state index is 13.4. The Labute approximate surface area is 159 Å². The quantitative estimate of drug-likeness (QED) is 0.785. The van der Waals surface area contributed by atoms with Crippen LogP contribution in [0.5, 0.6) is 0 Å². The monoisotopic (exact) mass is 395 g/mol. The van der Waals surface area contributed by atoms with Crippen LogP contribution >= 0.6 is 0 Å². The molecule has 0 aliphatic carbocycles. The highest BCUT2D eigenvalue weighted by Gasteiger charge is 2.35. The summed E-state index contributed by atoms with van der Waals surface area (Å²) in [6.45, 7) is 5.62. The molecule has 6 nitrogen and oxygen atoms in total. The minimum absolute atomic E-state index is 0.196. The lowest BCUT2D eigenvalue weighted by molar-refractivity contribution is -0.137. The third-order valence-electron chi connectivity index (χ3n) is 4.45. The van der Waals surface area contributed by atoms with Crippen molar-refractivity contribution in [1.82, 2.24) is 14.7 Å². The van der Waals surface area contributed by atoms with Crippen molar-refractivity contribution in [2.75, 3.05) is 13.1 Å². The van der Waals surface area contributed by atoms with Gasteiger partial charge in [0, 0.05) is 24.8 Å². The summed E-state index contributed by atoms with van der Waals surface area (Å²) >= 11 is 0. The molecule has 1 fully saturated rings. The summed E-state index contributed by atoms with van der Waals surface area (Å²) in [4.78, 5) is 26.7. The zero-order valence-corrected chi connectivity index (χ0v) is 15.7. The predicted molar refractivity (Wildman–Crippen MR) is 95.5 cm³/mol. The average molecular weight is 395 g/mol. The fourth-order valence-electron chi connectivity index (χ4n) is 3.33. The van der Waals surface area contributed by atoms with Crippen molar-refractivity contribution in [2.45, 2.75) is 39.2 Å². The summed E-state index contributed by atoms with van der Waals surface area (Å²) in [5, 5.41) is 4.01. The Bertz CT molecular complexity index is 945. The van der Waals surface area contributed by atoms with Crippen LogP contribution in [0.15, 0.2) is 35.1 Å². The second-order valence-corrected chi connectivity index (χ2v) is 6.89. The van der Waals surface area contributed by atoms with Crippen molar-refractivity contribution in [2.24, 2.45) is 0 Å². The zero-order chi connectivity index (χ0) is 20.6. The number of nitrogens with zero attached hydrogens (tertiary/aromatic N) is 3. The summed E-state index contributed by atoms with van der Waals surface area (Å²) in [6.07, 6.45) is -5.04. The first-order valence-corrected chi connectivity index (χ1v) is 8.80. The standard InChI is InChI=1S/C19H20F3N3O3/c1-11-8-16(26)17(18(27)24-9-12(2)28-13(3)10-24)23-25(11)15-7-5-4-6-14(15)19(20,21)22/h4-8,12-13H,9-10H2,1-3H3/t12-,13+. The first kappa shape index (κ1) is 20.1. The number of rotatable bonds is 2. The zero-order valence-electron chi connectivity index (χ0n) is 15.7. The van der Waals surface area contributed by atoms with Gasteiger partial charge >= 0.3 is 6.18 Å². The number of aromatic nitrogens is 2. The molecule has 3 rings (SSSR count). The Morgan fingerprint density at radius 1 is 1.18 bits per heavy atom. The molecule has 0 radical (unpaired) electrons. The minimum atomic E-state index is -4.60. The number of carbonyl (C=O) groups is 1. The lowest BCUT2D eigenvalue weighted by Crippen LogP contribution is -2.49. The predicted octanol–water partition coefficient (Wildman–Crippen LogP) is 2.81. The van der Waals surface area contributed by atoms with E-state index in [0.29, 0.717) is 0 Å². The molecule has 150 valence electrons. The molecule has 0 bridgehead atoms. The van der Waals surface area contributed by atoms with Gasteiger partial charge in [-0.15, -0.1) is 0 Å². The van der Waals surface area contributed by atoms with Crippen LogP contribution in [0.1, 0.15) is 35.6 Å². The SMILES string of the molecule is Cc1cc(=O)c(C(=O)N2C[C@@H](C)O[C@@H](C)C2)nn1-c1ccccc1C(F)(F)F. The van der Waals surface area contributed by atoms with Crippen LogP contribution in [0.3, 0.4) is 0 Å². The largest absolute Gasteiger partial charge is 0.418 e. The van der Waals surface area contributed by atoms with Crippen molar-refractivity contribution in [3.05, 3.63) is 57.5 Å². The van der Waals surface area contributed by atoms with E-state index in [1.807, 2.05) is 0 Å². The number of para-hydroxylation sites is 1. The topological polar surface area (TPSA) is 64.4 Å². The Kier molecular flexibility index (Phi) is 5.29. The molecule has 1 saturated heterocycles. The maximum absolute atomic E-state index is 13.4. The number of morpholine rings is 1. The molecule has 9 heteroatoms. The summed E-state index contributed by atoms with van der Waals surface area (Å²) in [6, 6.07) is 6.02. The van der Waals surface area contributed by atoms with E-state index in [4.69, 9.17) is 4.74 Å². The van der Waals surface area contributed by atoms with E-state index >= 15 is 0 Å². The molecule has 0 unspecified atom stereocenters. The van der Waals surface area contributed by atoms with E-state index in [9.17, 15) is 22.8 Å². The van der Waals surface area contributed by atoms with Crippen LogP contribution < -0.4 is 5.43 Å². The number of hydrogen-bond donors (Lipinski definition) is 0. The second kappa shape index (κ2) is 7.38. The molecular weight excluding hydrogens is 375 g/mol. The third kappa shape index (κ3) is 3.94. The number of alkyl halides is 3. The van der Waals surface area contributed by atoms with Gasteiger partial charge in [-0.2, -0.15) is 18.3 Å². The first-order valence-electron chi connectivity index (χ1n) is 8.80. The highest BCUT2D eigenvalue weighted by Crippen LogP contribution is 2.33. The van der Waals surface area contributed by atoms with Crippen molar-refractivity contribution in [1.29, 1.82) is 0 Å². The van der Waals surface area contributed by atoms with E-state index in [2.05, 4.69) is 5.10 Å². The molecule has 0 saturated carbocycles. The normalized spacial score (nSPS) is 20.3. The van der Waals surface area contributed by atoms with Crippen molar-refractivity contribution >= 4 is 5.91 Å². The summed E-state index contributed by atoms with van der Waals surface area (Å²) in [5.41, 5.74) is -1.99. The summed E-state index contributed by atoms with van der Waals surface area (Å²) < 4.78 is 46.7. The number of carbonyl (C=O) groups excluding carboxylic acids is 1. The van der Waals surface area contributed by atoms with Crippen LogP contribution in [0.25, 0.3) is 5.69 Å². The summed E-state index contributed by atoms with van der Waals surface area (Å²) in [7, 11) is 0. The van der Waals surface area contributed by atoms with E-state index < -0.39 is 28.8 Å². The van der Waals surface area contributed by atoms with E-state index in [1.165, 1.54) is 30.0 Å². The van der Waals surface area contributed by atoms with E-state index in [-0.39, 0.29) is 36.7 Å². The van der Waals surface area contributed by atoms with E-state index in [1.54, 1.807) is 13.8 Å². The molecule has 1 aliphatic heterocycles. The van der Waals surface area contributed by atoms with Gasteiger partial charge in [-0.25, -0.2) is 4.68 Å². The Balaban J connectivity index is 2.08. The molecule has 1 amide bonds. The number of benzene rings is 1. The Hall–Kier alpha value is -2.68. The minimum Gasteiger partial charge on any atom is -0.372 e. The molecule has 28 heavy (non-hydrogen) atoms. The van der Waals surface area contributed by atoms with Crippen molar-refractivity contribution < 1.29 is 22.7 Å². The van der Waals surface area contributed by atoms with Crippen molar-refractivity contribution in [3.63, 3.8) is 0 Å². The highest BCUT2D eigenvalue weighted by atomic mass is 19.4. The third-order valence-corrected chi connectivity index (χ3v) is 4.45. The summed E-state index contributed by atoms with van der Waals surface area (Å²) in [5.74, 6) is -0.620. The highest BCUT2D eigenvalue weighted by molar-refractivity contribution is 5.92. The van der Waals surface area contributed by atoms with Crippen LogP contribution in [-0.4, -0.2) is 45.9 Å². The first-order chi connectivity index (χ1) is 13.1. The van der Waals surface area contributed by atoms with Gasteiger partial charge in [0.25, 0.3) is 5.91 Å². The number of amides is 1. The number of hydrogen-bond acceptors (Lipinski definition) is 4. The van der Waals surface area contributed by atoms with Crippen molar-refractivity contribution in [3.8, 4) is 5.69 Å². The smallest absolute Gasteiger partial charge is 0.372 e. The van der Waals surface area contributed by atoms with Crippen LogP contribution in [0.4, 0.5) is 13.2 Å². The van der Waals surface area contributed by atoms with Gasteiger partial charge < -0.3 is 9.64 Å². The molecular formula is C19H20F3N3O3. The Morgan fingerprint density at radius 3 is 2.39 bits per heavy atom. The lowest BCUT2D eigenvalue weighted by atomic mass is 10.1. The molecule has 2 heterocycles. The lowest BCUT2D eigenvalue weighted by Gasteiger charge is -2.35. The maximum Gasteiger partial charge on any atom is 0.418 e. The number of ether oxygens (including phenoxy) is 1. The number of halogens is 3. The molecule has 0 spiro atoms. The molecule has 1 aromatic carbocycles. The van der Waals surface area contributed by atoms with Gasteiger partial charge in [0.05, 0.1) is 23.5 Å². The molecule has 2 aromatic rings. The fourth-order valence-corrected chi connectivity index (χ4v) is 3.33.